The summed E-state index contributed by atoms with van der Waals surface area (Å²) in [5, 5.41) is 3.88. The summed E-state index contributed by atoms with van der Waals surface area (Å²) in [6, 6.07) is 0.346. The third-order valence-electron chi connectivity index (χ3n) is 2.72. The van der Waals surface area contributed by atoms with Crippen LogP contribution in [0.15, 0.2) is 6.33 Å². The topological polar surface area (TPSA) is 77.0 Å². The van der Waals surface area contributed by atoms with Gasteiger partial charge in [-0.15, -0.1) is 5.10 Å². The highest BCUT2D eigenvalue weighted by atomic mass is 16.2. The summed E-state index contributed by atoms with van der Waals surface area (Å²) in [5.74, 6) is 0.294. The minimum Gasteiger partial charge on any atom is -0.367 e. The van der Waals surface area contributed by atoms with E-state index in [0.29, 0.717) is 6.04 Å². The second kappa shape index (κ2) is 3.88. The maximum atomic E-state index is 11.8. The number of rotatable bonds is 2. The van der Waals surface area contributed by atoms with Crippen LogP contribution in [0.4, 0.5) is 5.95 Å². The summed E-state index contributed by atoms with van der Waals surface area (Å²) in [6.07, 6.45) is 3.66. The molecule has 6 nitrogen and oxygen atoms in total. The van der Waals surface area contributed by atoms with E-state index in [1.165, 1.54) is 11.0 Å². The van der Waals surface area contributed by atoms with E-state index in [-0.39, 0.29) is 18.4 Å². The number of hydrogen-bond donors (Lipinski definition) is 1. The Morgan fingerprint density at radius 1 is 1.73 bits per heavy atom. The number of hydrogen-bond acceptors (Lipinski definition) is 4. The van der Waals surface area contributed by atoms with Crippen LogP contribution in [0.3, 0.4) is 0 Å². The number of amides is 1. The lowest BCUT2D eigenvalue weighted by Crippen LogP contribution is -2.36. The minimum absolute atomic E-state index is 0.0879. The van der Waals surface area contributed by atoms with E-state index in [9.17, 15) is 4.79 Å². The zero-order valence-corrected chi connectivity index (χ0v) is 8.76. The Kier molecular flexibility index (Phi) is 2.57. The molecule has 1 fully saturated rings. The Labute approximate surface area is 88.1 Å². The third-order valence-corrected chi connectivity index (χ3v) is 2.72. The van der Waals surface area contributed by atoms with Gasteiger partial charge in [0.2, 0.25) is 11.9 Å². The van der Waals surface area contributed by atoms with Crippen molar-refractivity contribution in [1.29, 1.82) is 0 Å². The van der Waals surface area contributed by atoms with E-state index < -0.39 is 0 Å². The van der Waals surface area contributed by atoms with Gasteiger partial charge in [0.05, 0.1) is 0 Å². The fourth-order valence-corrected chi connectivity index (χ4v) is 1.92. The average molecular weight is 209 g/mol. The lowest BCUT2D eigenvalue weighted by Gasteiger charge is -2.20. The Balaban J connectivity index is 1.97. The highest BCUT2D eigenvalue weighted by molar-refractivity contribution is 5.76. The van der Waals surface area contributed by atoms with Gasteiger partial charge < -0.3 is 10.6 Å². The quantitative estimate of drug-likeness (QED) is 0.736. The molecule has 2 heterocycles. The zero-order valence-electron chi connectivity index (χ0n) is 8.76. The lowest BCUT2D eigenvalue weighted by atomic mass is 10.2. The second-order valence-electron chi connectivity index (χ2n) is 3.88. The van der Waals surface area contributed by atoms with E-state index in [2.05, 4.69) is 17.0 Å². The number of aromatic nitrogens is 3. The molecule has 2 N–H and O–H groups in total. The molecular weight excluding hydrogens is 194 g/mol. The van der Waals surface area contributed by atoms with E-state index in [0.717, 1.165) is 19.4 Å². The van der Waals surface area contributed by atoms with Gasteiger partial charge in [0.25, 0.3) is 0 Å². The molecule has 0 aromatic carbocycles. The van der Waals surface area contributed by atoms with Gasteiger partial charge >= 0.3 is 0 Å². The van der Waals surface area contributed by atoms with Crippen molar-refractivity contribution in [1.82, 2.24) is 19.7 Å². The van der Waals surface area contributed by atoms with Crippen molar-refractivity contribution < 1.29 is 4.79 Å². The molecule has 1 aromatic rings. The average Bonchev–Trinajstić information content (AvgIpc) is 2.75. The van der Waals surface area contributed by atoms with Crippen molar-refractivity contribution in [3.8, 4) is 0 Å². The van der Waals surface area contributed by atoms with Crippen molar-refractivity contribution >= 4 is 11.9 Å². The van der Waals surface area contributed by atoms with Crippen molar-refractivity contribution in [3.05, 3.63) is 6.33 Å². The monoisotopic (exact) mass is 209 g/mol. The molecule has 1 saturated heterocycles. The first-order chi connectivity index (χ1) is 7.16. The van der Waals surface area contributed by atoms with Crippen LogP contribution in [0.2, 0.25) is 0 Å². The largest absolute Gasteiger partial charge is 0.367 e. The number of anilines is 1. The molecule has 15 heavy (non-hydrogen) atoms. The number of carbonyl (C=O) groups is 1. The van der Waals surface area contributed by atoms with Crippen molar-refractivity contribution in [2.45, 2.75) is 32.4 Å². The van der Waals surface area contributed by atoms with Gasteiger partial charge in [0.15, 0.2) is 0 Å². The summed E-state index contributed by atoms with van der Waals surface area (Å²) < 4.78 is 1.47. The first-order valence-corrected chi connectivity index (χ1v) is 5.11. The van der Waals surface area contributed by atoms with E-state index >= 15 is 0 Å². The molecule has 2 rings (SSSR count). The SMILES string of the molecule is CC1CCCN1C(=O)Cn1cnc(N)n1. The molecule has 1 aliphatic rings. The third kappa shape index (κ3) is 2.08. The second-order valence-corrected chi connectivity index (χ2v) is 3.88. The van der Waals surface area contributed by atoms with Gasteiger partial charge in [-0.1, -0.05) is 0 Å². The molecule has 0 aliphatic carbocycles. The van der Waals surface area contributed by atoms with Crippen molar-refractivity contribution in [2.75, 3.05) is 12.3 Å². The maximum absolute atomic E-state index is 11.8. The van der Waals surface area contributed by atoms with Crippen LogP contribution in [0.1, 0.15) is 19.8 Å². The van der Waals surface area contributed by atoms with Crippen LogP contribution >= 0.6 is 0 Å². The van der Waals surface area contributed by atoms with Crippen molar-refractivity contribution in [3.63, 3.8) is 0 Å². The Morgan fingerprint density at radius 3 is 3.07 bits per heavy atom. The molecule has 0 spiro atoms. The number of likely N-dealkylation sites (tertiary alicyclic amines) is 1. The number of nitrogens with zero attached hydrogens (tertiary/aromatic N) is 4. The van der Waals surface area contributed by atoms with Crippen molar-refractivity contribution in [2.24, 2.45) is 0 Å². The van der Waals surface area contributed by atoms with Gasteiger partial charge in [-0.3, -0.25) is 4.79 Å². The van der Waals surface area contributed by atoms with E-state index in [1.54, 1.807) is 0 Å². The first kappa shape index (κ1) is 9.95. The molecule has 0 saturated carbocycles. The zero-order chi connectivity index (χ0) is 10.8. The van der Waals surface area contributed by atoms with Gasteiger partial charge in [-0.2, -0.15) is 0 Å². The summed E-state index contributed by atoms with van der Waals surface area (Å²) in [6.45, 7) is 3.15. The molecule has 82 valence electrons. The molecular formula is C9H15N5O. The molecule has 1 aliphatic heterocycles. The maximum Gasteiger partial charge on any atom is 0.244 e. The lowest BCUT2D eigenvalue weighted by molar-refractivity contribution is -0.132. The van der Waals surface area contributed by atoms with Gasteiger partial charge in [-0.05, 0) is 19.8 Å². The van der Waals surface area contributed by atoms with Gasteiger partial charge in [-0.25, -0.2) is 9.67 Å². The molecule has 0 radical (unpaired) electrons. The highest BCUT2D eigenvalue weighted by Crippen LogP contribution is 2.16. The van der Waals surface area contributed by atoms with Crippen LogP contribution in [-0.4, -0.2) is 38.2 Å². The van der Waals surface area contributed by atoms with Crippen LogP contribution < -0.4 is 5.73 Å². The highest BCUT2D eigenvalue weighted by Gasteiger charge is 2.25. The Hall–Kier alpha value is -1.59. The first-order valence-electron chi connectivity index (χ1n) is 5.11. The summed E-state index contributed by atoms with van der Waals surface area (Å²) >= 11 is 0. The Bertz CT molecular complexity index is 361. The normalized spacial score (nSPS) is 20.9. The van der Waals surface area contributed by atoms with Gasteiger partial charge in [0.1, 0.15) is 12.9 Å². The van der Waals surface area contributed by atoms with Crippen LogP contribution in [-0.2, 0) is 11.3 Å². The summed E-state index contributed by atoms with van der Waals surface area (Å²) in [4.78, 5) is 17.5. The fourth-order valence-electron chi connectivity index (χ4n) is 1.92. The van der Waals surface area contributed by atoms with E-state index in [4.69, 9.17) is 5.73 Å². The fraction of sp³-hybridized carbons (Fsp3) is 0.667. The molecule has 1 amide bonds. The smallest absolute Gasteiger partial charge is 0.244 e. The van der Waals surface area contributed by atoms with Crippen LogP contribution in [0.25, 0.3) is 0 Å². The molecule has 1 atom stereocenters. The number of carbonyl (C=O) groups excluding carboxylic acids is 1. The molecule has 1 unspecified atom stereocenters. The van der Waals surface area contributed by atoms with Crippen LogP contribution in [0, 0.1) is 0 Å². The van der Waals surface area contributed by atoms with E-state index in [1.807, 2.05) is 4.90 Å². The standard InChI is InChI=1S/C9H15N5O/c1-7-3-2-4-14(7)8(15)5-13-6-11-9(10)12-13/h6-7H,2-5H2,1H3,(H2,10,12). The van der Waals surface area contributed by atoms with Gasteiger partial charge in [0, 0.05) is 12.6 Å². The molecule has 6 heteroatoms. The number of nitrogen functional groups attached to an aromatic ring is 1. The molecule has 1 aromatic heterocycles. The predicted octanol–water partition coefficient (Wildman–Crippen LogP) is -0.129. The summed E-state index contributed by atoms with van der Waals surface area (Å²) in [5.41, 5.74) is 5.37. The van der Waals surface area contributed by atoms with Crippen LogP contribution in [0.5, 0.6) is 0 Å². The number of nitrogens with two attached hydrogens (primary N) is 1. The molecule has 0 bridgehead atoms. The predicted molar refractivity (Wildman–Crippen MR) is 54.8 cm³/mol. The minimum atomic E-state index is 0.0879. The summed E-state index contributed by atoms with van der Waals surface area (Å²) in [7, 11) is 0. The Morgan fingerprint density at radius 2 is 2.53 bits per heavy atom.